The second kappa shape index (κ2) is 5.55. The predicted octanol–water partition coefficient (Wildman–Crippen LogP) is 1.86. The third-order valence-electron chi connectivity index (χ3n) is 3.70. The first kappa shape index (κ1) is 13.6. The zero-order chi connectivity index (χ0) is 14.8. The average molecular weight is 286 g/mol. The first-order valence-corrected chi connectivity index (χ1v) is 7.09. The second-order valence-corrected chi connectivity index (χ2v) is 5.31. The van der Waals surface area contributed by atoms with E-state index in [1.54, 1.807) is 12.1 Å². The zero-order valence-corrected chi connectivity index (χ0v) is 12.0. The Bertz CT molecular complexity index is 678. The van der Waals surface area contributed by atoms with Gasteiger partial charge >= 0.3 is 5.97 Å². The van der Waals surface area contributed by atoms with Crippen molar-refractivity contribution in [3.63, 3.8) is 0 Å². The fourth-order valence-corrected chi connectivity index (χ4v) is 2.53. The highest BCUT2D eigenvalue weighted by Gasteiger charge is 2.18. The van der Waals surface area contributed by atoms with E-state index in [1.165, 1.54) is 0 Å². The Kier molecular flexibility index (Phi) is 3.60. The summed E-state index contributed by atoms with van der Waals surface area (Å²) in [6.07, 6.45) is 3.18. The highest BCUT2D eigenvalue weighted by Crippen LogP contribution is 2.17. The number of nitrogen functional groups attached to an aromatic ring is 1. The van der Waals surface area contributed by atoms with Crippen LogP contribution in [0.5, 0.6) is 0 Å². The van der Waals surface area contributed by atoms with Crippen LogP contribution in [0.4, 0.5) is 5.69 Å². The van der Waals surface area contributed by atoms with Gasteiger partial charge in [-0.25, -0.2) is 4.79 Å². The molecule has 0 saturated heterocycles. The van der Waals surface area contributed by atoms with Gasteiger partial charge in [0.15, 0.2) is 12.4 Å². The van der Waals surface area contributed by atoms with Gasteiger partial charge in [0.1, 0.15) is 5.82 Å². The van der Waals surface area contributed by atoms with Crippen molar-refractivity contribution in [2.75, 3.05) is 5.73 Å². The van der Waals surface area contributed by atoms with Crippen LogP contribution in [0.1, 0.15) is 40.4 Å². The van der Waals surface area contributed by atoms with Gasteiger partial charge in [0.25, 0.3) is 0 Å². The molecular formula is C15H18N4O2. The molecule has 0 atom stereocenters. The Morgan fingerprint density at radius 3 is 3.10 bits per heavy atom. The van der Waals surface area contributed by atoms with Gasteiger partial charge < -0.3 is 15.0 Å². The highest BCUT2D eigenvalue weighted by atomic mass is 16.5. The van der Waals surface area contributed by atoms with Gasteiger partial charge in [-0.15, -0.1) is 10.2 Å². The molecule has 0 bridgehead atoms. The summed E-state index contributed by atoms with van der Waals surface area (Å²) in [6.45, 7) is 2.92. The lowest BCUT2D eigenvalue weighted by atomic mass is 10.1. The topological polar surface area (TPSA) is 83.0 Å². The quantitative estimate of drug-likeness (QED) is 0.688. The minimum Gasteiger partial charge on any atom is -0.454 e. The van der Waals surface area contributed by atoms with E-state index in [4.69, 9.17) is 10.5 Å². The zero-order valence-electron chi connectivity index (χ0n) is 12.0. The minimum absolute atomic E-state index is 0.124. The Labute approximate surface area is 122 Å². The van der Waals surface area contributed by atoms with E-state index in [9.17, 15) is 4.79 Å². The number of hydrogen-bond acceptors (Lipinski definition) is 5. The van der Waals surface area contributed by atoms with Crippen molar-refractivity contribution in [1.82, 2.24) is 14.8 Å². The molecule has 1 aliphatic rings. The largest absolute Gasteiger partial charge is 0.454 e. The van der Waals surface area contributed by atoms with Crippen LogP contribution >= 0.6 is 0 Å². The Morgan fingerprint density at radius 2 is 2.24 bits per heavy atom. The summed E-state index contributed by atoms with van der Waals surface area (Å²) in [5, 5.41) is 8.24. The Hall–Kier alpha value is -2.37. The summed E-state index contributed by atoms with van der Waals surface area (Å²) in [7, 11) is 0. The standard InChI is InChI=1S/C15H18N4O2/c1-10-5-6-12(16)11(8-10)15(20)21-9-14-18-17-13-4-2-3-7-19(13)14/h5-6,8H,2-4,7,9,16H2,1H3. The normalized spacial score (nSPS) is 13.8. The van der Waals surface area contributed by atoms with Gasteiger partial charge in [-0.1, -0.05) is 11.6 Å². The van der Waals surface area contributed by atoms with E-state index >= 15 is 0 Å². The number of ether oxygens (including phenoxy) is 1. The maximum absolute atomic E-state index is 12.1. The van der Waals surface area contributed by atoms with E-state index in [0.717, 1.165) is 37.2 Å². The molecule has 1 aromatic heterocycles. The predicted molar refractivity (Wildman–Crippen MR) is 77.7 cm³/mol. The fourth-order valence-electron chi connectivity index (χ4n) is 2.53. The van der Waals surface area contributed by atoms with E-state index in [-0.39, 0.29) is 6.61 Å². The number of nitrogens with zero attached hydrogens (tertiary/aromatic N) is 3. The third kappa shape index (κ3) is 2.74. The number of hydrogen-bond donors (Lipinski definition) is 1. The first-order valence-electron chi connectivity index (χ1n) is 7.09. The van der Waals surface area contributed by atoms with Gasteiger partial charge in [-0.05, 0) is 31.9 Å². The maximum Gasteiger partial charge on any atom is 0.340 e. The van der Waals surface area contributed by atoms with Crippen molar-refractivity contribution in [2.24, 2.45) is 0 Å². The molecule has 110 valence electrons. The molecule has 21 heavy (non-hydrogen) atoms. The van der Waals surface area contributed by atoms with Crippen LogP contribution in [-0.2, 0) is 24.3 Å². The van der Waals surface area contributed by atoms with Crippen molar-refractivity contribution in [2.45, 2.75) is 39.3 Å². The molecule has 2 heterocycles. The number of benzene rings is 1. The van der Waals surface area contributed by atoms with Crippen molar-refractivity contribution in [3.05, 3.63) is 41.0 Å². The number of nitrogens with two attached hydrogens (primary N) is 1. The summed E-state index contributed by atoms with van der Waals surface area (Å²) in [5.74, 6) is 1.25. The lowest BCUT2D eigenvalue weighted by Crippen LogP contribution is -2.15. The van der Waals surface area contributed by atoms with E-state index in [0.29, 0.717) is 17.1 Å². The van der Waals surface area contributed by atoms with Gasteiger partial charge in [-0.3, -0.25) is 0 Å². The van der Waals surface area contributed by atoms with Crippen LogP contribution in [0.2, 0.25) is 0 Å². The van der Waals surface area contributed by atoms with Crippen molar-refractivity contribution in [3.8, 4) is 0 Å². The molecule has 1 aromatic carbocycles. The lowest BCUT2D eigenvalue weighted by molar-refractivity contribution is 0.0458. The molecule has 6 heteroatoms. The summed E-state index contributed by atoms with van der Waals surface area (Å²) in [6, 6.07) is 5.31. The van der Waals surface area contributed by atoms with Gasteiger partial charge in [0, 0.05) is 18.7 Å². The summed E-state index contributed by atoms with van der Waals surface area (Å²) >= 11 is 0. The van der Waals surface area contributed by atoms with Crippen LogP contribution in [0, 0.1) is 6.92 Å². The molecule has 0 radical (unpaired) electrons. The smallest absolute Gasteiger partial charge is 0.340 e. The minimum atomic E-state index is -0.427. The fraction of sp³-hybridized carbons (Fsp3) is 0.400. The monoisotopic (exact) mass is 286 g/mol. The third-order valence-corrected chi connectivity index (χ3v) is 3.70. The number of aromatic nitrogens is 3. The summed E-state index contributed by atoms with van der Waals surface area (Å²) in [4.78, 5) is 12.1. The number of carbonyl (C=O) groups is 1. The van der Waals surface area contributed by atoms with E-state index < -0.39 is 5.97 Å². The van der Waals surface area contributed by atoms with Crippen molar-refractivity contribution >= 4 is 11.7 Å². The molecular weight excluding hydrogens is 268 g/mol. The number of anilines is 1. The van der Waals surface area contributed by atoms with Gasteiger partial charge in [-0.2, -0.15) is 0 Å². The molecule has 1 aliphatic heterocycles. The van der Waals surface area contributed by atoms with E-state index in [1.807, 2.05) is 17.6 Å². The average Bonchev–Trinajstić information content (AvgIpc) is 2.90. The van der Waals surface area contributed by atoms with Crippen LogP contribution in [0.25, 0.3) is 0 Å². The van der Waals surface area contributed by atoms with Crippen molar-refractivity contribution in [1.29, 1.82) is 0 Å². The summed E-state index contributed by atoms with van der Waals surface area (Å²) < 4.78 is 7.37. The van der Waals surface area contributed by atoms with Gasteiger partial charge in [0.05, 0.1) is 5.56 Å². The molecule has 0 aliphatic carbocycles. The van der Waals surface area contributed by atoms with Crippen LogP contribution in [0.15, 0.2) is 18.2 Å². The molecule has 0 saturated carbocycles. The molecule has 0 unspecified atom stereocenters. The highest BCUT2D eigenvalue weighted by molar-refractivity contribution is 5.95. The van der Waals surface area contributed by atoms with Crippen LogP contribution < -0.4 is 5.73 Å². The van der Waals surface area contributed by atoms with Crippen molar-refractivity contribution < 1.29 is 9.53 Å². The summed E-state index contributed by atoms with van der Waals surface area (Å²) in [5.41, 5.74) is 7.61. The molecule has 0 spiro atoms. The van der Waals surface area contributed by atoms with Crippen LogP contribution in [0.3, 0.4) is 0 Å². The first-order chi connectivity index (χ1) is 10.1. The van der Waals surface area contributed by atoms with E-state index in [2.05, 4.69) is 10.2 Å². The Morgan fingerprint density at radius 1 is 1.38 bits per heavy atom. The molecule has 0 fully saturated rings. The lowest BCUT2D eigenvalue weighted by Gasteiger charge is -2.14. The van der Waals surface area contributed by atoms with Gasteiger partial charge in [0.2, 0.25) is 0 Å². The Balaban J connectivity index is 1.71. The second-order valence-electron chi connectivity index (χ2n) is 5.31. The molecule has 0 amide bonds. The number of rotatable bonds is 3. The number of carbonyl (C=O) groups excluding carboxylic acids is 1. The number of esters is 1. The molecule has 2 N–H and O–H groups in total. The molecule has 6 nitrogen and oxygen atoms in total. The maximum atomic E-state index is 12.1. The number of fused-ring (bicyclic) bond motifs is 1. The SMILES string of the molecule is Cc1ccc(N)c(C(=O)OCc2nnc3n2CCCC3)c1. The number of aryl methyl sites for hydroxylation is 2. The molecule has 3 rings (SSSR count). The van der Waals surface area contributed by atoms with Crippen LogP contribution in [-0.4, -0.2) is 20.7 Å². The molecule has 2 aromatic rings.